The molecule has 7 rings (SSSR count). The summed E-state index contributed by atoms with van der Waals surface area (Å²) in [7, 11) is 2.07. The first-order valence-corrected chi connectivity index (χ1v) is 15.3. The summed E-state index contributed by atoms with van der Waals surface area (Å²) in [5, 5.41) is 4.58. The van der Waals surface area contributed by atoms with E-state index in [0.717, 1.165) is 78.9 Å². The van der Waals surface area contributed by atoms with E-state index in [9.17, 15) is 4.79 Å². The van der Waals surface area contributed by atoms with Crippen molar-refractivity contribution in [1.29, 1.82) is 0 Å². The molecule has 0 N–H and O–H groups in total. The number of rotatable bonds is 4. The Labute approximate surface area is 247 Å². The van der Waals surface area contributed by atoms with E-state index in [1.54, 1.807) is 0 Å². The van der Waals surface area contributed by atoms with Crippen LogP contribution in [-0.2, 0) is 16.1 Å². The minimum Gasteiger partial charge on any atom is -0.471 e. The Kier molecular flexibility index (Phi) is 6.84. The van der Waals surface area contributed by atoms with Crippen molar-refractivity contribution < 1.29 is 19.0 Å². The average molecular weight is 573 g/mol. The lowest BCUT2D eigenvalue weighted by Gasteiger charge is -2.42. The average Bonchev–Trinajstić information content (AvgIpc) is 3.58. The molecule has 3 unspecified atom stereocenters. The third kappa shape index (κ3) is 5.10. The van der Waals surface area contributed by atoms with Gasteiger partial charge in [-0.2, -0.15) is 10.1 Å². The van der Waals surface area contributed by atoms with E-state index >= 15 is 0 Å². The Morgan fingerprint density at radius 3 is 2.62 bits per heavy atom. The standard InChI is InChI=1S/C32H40N6O4/c1-32(2,3)42-31(39)38-23-9-10-24(38)15-25(14-23)36(4)27-17-33-29-26-11-8-20(13-21(26)19-41-30(29)35-27)22-16-34-37(18-22)28-7-5-6-12-40-28/h8,11,13,16-18,23-25,28H,5-7,9-10,12,14-15,19H2,1-4H3. The maximum atomic E-state index is 12.9. The second-order valence-electron chi connectivity index (χ2n) is 13.1. The van der Waals surface area contributed by atoms with Gasteiger partial charge in [0.1, 0.15) is 24.1 Å². The van der Waals surface area contributed by atoms with E-state index in [1.165, 1.54) is 6.42 Å². The fraction of sp³-hybridized carbons (Fsp3) is 0.562. The molecule has 2 aromatic heterocycles. The molecule has 3 aromatic rings. The zero-order chi connectivity index (χ0) is 29.0. The Balaban J connectivity index is 1.06. The molecule has 222 valence electrons. The Morgan fingerprint density at radius 2 is 1.88 bits per heavy atom. The fourth-order valence-corrected chi connectivity index (χ4v) is 6.93. The predicted octanol–water partition coefficient (Wildman–Crippen LogP) is 5.97. The van der Waals surface area contributed by atoms with Gasteiger partial charge in [0.15, 0.2) is 5.82 Å². The highest BCUT2D eigenvalue weighted by atomic mass is 16.6. The number of aromatic nitrogens is 4. The first kappa shape index (κ1) is 27.2. The molecule has 6 heterocycles. The van der Waals surface area contributed by atoms with E-state index in [-0.39, 0.29) is 30.4 Å². The van der Waals surface area contributed by atoms with Gasteiger partial charge in [0, 0.05) is 49.1 Å². The van der Waals surface area contributed by atoms with Crippen LogP contribution < -0.4 is 9.64 Å². The molecule has 42 heavy (non-hydrogen) atoms. The number of carbonyl (C=O) groups excluding carboxylic acids is 1. The molecule has 4 aliphatic rings. The zero-order valence-electron chi connectivity index (χ0n) is 25.0. The van der Waals surface area contributed by atoms with Crippen LogP contribution in [0.3, 0.4) is 0 Å². The van der Waals surface area contributed by atoms with E-state index < -0.39 is 5.60 Å². The number of nitrogens with zero attached hydrogens (tertiary/aromatic N) is 6. The lowest BCUT2D eigenvalue weighted by Crippen LogP contribution is -2.53. The highest BCUT2D eigenvalue weighted by molar-refractivity contribution is 5.75. The lowest BCUT2D eigenvalue weighted by atomic mass is 9.96. The Hall–Kier alpha value is -3.66. The first-order valence-electron chi connectivity index (χ1n) is 15.3. The van der Waals surface area contributed by atoms with Gasteiger partial charge in [-0.05, 0) is 82.9 Å². The molecule has 3 saturated heterocycles. The van der Waals surface area contributed by atoms with Crippen LogP contribution in [-0.4, -0.2) is 68.1 Å². The summed E-state index contributed by atoms with van der Waals surface area (Å²) in [5.41, 5.74) is 4.57. The van der Waals surface area contributed by atoms with Gasteiger partial charge in [0.05, 0.1) is 12.4 Å². The second kappa shape index (κ2) is 10.6. The number of amides is 1. The van der Waals surface area contributed by atoms with Gasteiger partial charge in [-0.25, -0.2) is 14.5 Å². The Morgan fingerprint density at radius 1 is 1.07 bits per heavy atom. The van der Waals surface area contributed by atoms with Gasteiger partial charge >= 0.3 is 6.09 Å². The van der Waals surface area contributed by atoms with Crippen LogP contribution in [0.1, 0.15) is 77.5 Å². The van der Waals surface area contributed by atoms with Crippen molar-refractivity contribution in [3.63, 3.8) is 0 Å². The molecule has 0 saturated carbocycles. The van der Waals surface area contributed by atoms with Crippen molar-refractivity contribution >= 4 is 11.9 Å². The summed E-state index contributed by atoms with van der Waals surface area (Å²) in [4.78, 5) is 26.8. The van der Waals surface area contributed by atoms with Crippen LogP contribution in [0.15, 0.2) is 36.8 Å². The largest absolute Gasteiger partial charge is 0.471 e. The Bertz CT molecular complexity index is 1460. The van der Waals surface area contributed by atoms with Gasteiger partial charge in [0.25, 0.3) is 0 Å². The van der Waals surface area contributed by atoms with E-state index in [1.807, 2.05) is 42.7 Å². The maximum Gasteiger partial charge on any atom is 0.410 e. The van der Waals surface area contributed by atoms with Gasteiger partial charge in [0.2, 0.25) is 5.88 Å². The highest BCUT2D eigenvalue weighted by Crippen LogP contribution is 2.41. The highest BCUT2D eigenvalue weighted by Gasteiger charge is 2.46. The molecular formula is C32H40N6O4. The number of piperidine rings is 1. The molecule has 3 atom stereocenters. The number of ether oxygens (including phenoxy) is 3. The minimum atomic E-state index is -0.490. The zero-order valence-corrected chi connectivity index (χ0v) is 25.0. The van der Waals surface area contributed by atoms with Crippen LogP contribution >= 0.6 is 0 Å². The number of hydrogen-bond acceptors (Lipinski definition) is 8. The molecule has 4 aliphatic heterocycles. The molecule has 3 fully saturated rings. The minimum absolute atomic E-state index is 0.0237. The number of benzene rings is 1. The van der Waals surface area contributed by atoms with Crippen LogP contribution in [0.4, 0.5) is 10.6 Å². The van der Waals surface area contributed by atoms with Gasteiger partial charge in [-0.3, -0.25) is 0 Å². The van der Waals surface area contributed by atoms with Crippen LogP contribution in [0.25, 0.3) is 22.4 Å². The summed E-state index contributed by atoms with van der Waals surface area (Å²) >= 11 is 0. The number of fused-ring (bicyclic) bond motifs is 5. The molecule has 0 spiro atoms. The molecule has 10 nitrogen and oxygen atoms in total. The molecule has 1 aromatic carbocycles. The smallest absolute Gasteiger partial charge is 0.410 e. The molecular weight excluding hydrogens is 532 g/mol. The summed E-state index contributed by atoms with van der Waals surface area (Å²) in [6, 6.07) is 7.05. The van der Waals surface area contributed by atoms with Gasteiger partial charge in [-0.15, -0.1) is 0 Å². The molecule has 2 bridgehead atoms. The van der Waals surface area contributed by atoms with Crippen molar-refractivity contribution in [2.45, 2.75) is 102 Å². The summed E-state index contributed by atoms with van der Waals surface area (Å²) < 4.78 is 19.7. The summed E-state index contributed by atoms with van der Waals surface area (Å²) in [6.07, 6.45) is 12.8. The summed E-state index contributed by atoms with van der Waals surface area (Å²) in [6.45, 7) is 7.00. The third-order valence-corrected chi connectivity index (χ3v) is 9.06. The first-order chi connectivity index (χ1) is 20.2. The van der Waals surface area contributed by atoms with Crippen LogP contribution in [0.5, 0.6) is 5.88 Å². The number of hydrogen-bond donors (Lipinski definition) is 0. The monoisotopic (exact) mass is 572 g/mol. The van der Waals surface area contributed by atoms with Gasteiger partial charge in [-0.1, -0.05) is 12.1 Å². The topological polar surface area (TPSA) is 94.8 Å². The molecule has 1 amide bonds. The molecule has 0 aliphatic carbocycles. The SMILES string of the molecule is CN(c1cnc2c(n1)OCc1cc(-c3cnn(C4CCCCO4)c3)ccc1-2)C1CC2CCC(C1)N2C(=O)OC(C)(C)C. The van der Waals surface area contributed by atoms with Crippen molar-refractivity contribution in [3.05, 3.63) is 42.4 Å². The van der Waals surface area contributed by atoms with Gasteiger partial charge < -0.3 is 24.0 Å². The summed E-state index contributed by atoms with van der Waals surface area (Å²) in [5.74, 6) is 1.36. The van der Waals surface area contributed by atoms with Crippen molar-refractivity contribution in [3.8, 4) is 28.3 Å². The van der Waals surface area contributed by atoms with E-state index in [0.29, 0.717) is 12.5 Å². The number of carbonyl (C=O) groups is 1. The third-order valence-electron chi connectivity index (χ3n) is 9.06. The second-order valence-corrected chi connectivity index (χ2v) is 13.1. The fourth-order valence-electron chi connectivity index (χ4n) is 6.93. The molecule has 0 radical (unpaired) electrons. The van der Waals surface area contributed by atoms with Crippen LogP contribution in [0, 0.1) is 0 Å². The van der Waals surface area contributed by atoms with E-state index in [4.69, 9.17) is 24.2 Å². The predicted molar refractivity (Wildman–Crippen MR) is 158 cm³/mol. The number of anilines is 1. The normalized spacial score (nSPS) is 24.9. The van der Waals surface area contributed by atoms with Crippen molar-refractivity contribution in [1.82, 2.24) is 24.6 Å². The van der Waals surface area contributed by atoms with Crippen LogP contribution in [0.2, 0.25) is 0 Å². The maximum absolute atomic E-state index is 12.9. The van der Waals surface area contributed by atoms with Crippen molar-refractivity contribution in [2.75, 3.05) is 18.6 Å². The van der Waals surface area contributed by atoms with Crippen molar-refractivity contribution in [2.24, 2.45) is 0 Å². The quantitative estimate of drug-likeness (QED) is 0.378. The van der Waals surface area contributed by atoms with E-state index in [2.05, 4.69) is 41.4 Å². The lowest BCUT2D eigenvalue weighted by molar-refractivity contribution is -0.0394. The molecule has 10 heteroatoms.